The number of hydrogen-bond donors (Lipinski definition) is 0. The minimum absolute atomic E-state index is 0.397. The maximum atomic E-state index is 12.2. The number of fused-ring (bicyclic) bond motifs is 5. The van der Waals surface area contributed by atoms with Gasteiger partial charge in [0, 0.05) is 25.7 Å². The van der Waals surface area contributed by atoms with Crippen LogP contribution in [0.5, 0.6) is 0 Å². The van der Waals surface area contributed by atoms with Crippen LogP contribution in [0, 0.1) is 57.7 Å². The molecule has 0 aromatic heterocycles. The van der Waals surface area contributed by atoms with E-state index >= 15 is 0 Å². The van der Waals surface area contributed by atoms with Crippen LogP contribution in [0.4, 0.5) is 0 Å². The lowest BCUT2D eigenvalue weighted by Gasteiger charge is -2.62. The van der Waals surface area contributed by atoms with Gasteiger partial charge in [-0.25, -0.2) is 0 Å². The van der Waals surface area contributed by atoms with E-state index in [-0.39, 0.29) is 0 Å². The van der Waals surface area contributed by atoms with E-state index in [9.17, 15) is 9.59 Å². The van der Waals surface area contributed by atoms with Crippen LogP contribution < -0.4 is 0 Å². The fourth-order valence-corrected chi connectivity index (χ4v) is 9.43. The van der Waals surface area contributed by atoms with E-state index in [1.165, 1.54) is 44.9 Å². The maximum Gasteiger partial charge on any atom is 0.133 e. The van der Waals surface area contributed by atoms with Gasteiger partial charge in [-0.15, -0.1) is 0 Å². The van der Waals surface area contributed by atoms with E-state index in [0.717, 1.165) is 61.7 Å². The van der Waals surface area contributed by atoms with Crippen LogP contribution in [0.2, 0.25) is 0 Å². The fraction of sp³-hybridized carbons (Fsp3) is 0.935. The quantitative estimate of drug-likeness (QED) is 0.398. The van der Waals surface area contributed by atoms with Crippen molar-refractivity contribution in [1.29, 1.82) is 0 Å². The molecule has 2 heteroatoms. The smallest absolute Gasteiger partial charge is 0.133 e. The summed E-state index contributed by atoms with van der Waals surface area (Å²) in [5.74, 6) is 6.85. The molecule has 5 saturated carbocycles. The van der Waals surface area contributed by atoms with Crippen molar-refractivity contribution in [2.24, 2.45) is 57.7 Å². The molecule has 0 heterocycles. The molecule has 2 nitrogen and oxygen atoms in total. The lowest BCUT2D eigenvalue weighted by atomic mass is 9.42. The van der Waals surface area contributed by atoms with Crippen LogP contribution in [0.3, 0.4) is 0 Å². The SMILES string of the molecule is CC1CC(=O)CCC1(C)C.CCC1CC2C3CCC(C)C3(C)CCC2C2(C)CCC(=O)CC12. The van der Waals surface area contributed by atoms with Crippen LogP contribution >= 0.6 is 0 Å². The first-order chi connectivity index (χ1) is 15.4. The molecule has 188 valence electrons. The highest BCUT2D eigenvalue weighted by atomic mass is 16.1. The molecule has 0 spiro atoms. The summed E-state index contributed by atoms with van der Waals surface area (Å²) < 4.78 is 0. The number of carbonyl (C=O) groups excluding carboxylic acids is 2. The number of carbonyl (C=O) groups is 2. The van der Waals surface area contributed by atoms with Crippen molar-refractivity contribution in [1.82, 2.24) is 0 Å². The Hall–Kier alpha value is -0.660. The lowest BCUT2D eigenvalue weighted by Crippen LogP contribution is -2.56. The maximum absolute atomic E-state index is 12.2. The Balaban J connectivity index is 0.000000219. The molecule has 0 saturated heterocycles. The van der Waals surface area contributed by atoms with E-state index < -0.39 is 0 Å². The van der Waals surface area contributed by atoms with Gasteiger partial charge in [-0.3, -0.25) is 9.59 Å². The summed E-state index contributed by atoms with van der Waals surface area (Å²) in [4.78, 5) is 23.1. The Labute approximate surface area is 204 Å². The molecule has 9 atom stereocenters. The number of Topliss-reactive ketones (excluding diaryl/α,β-unsaturated/α-hetero) is 2. The predicted octanol–water partition coefficient (Wildman–Crippen LogP) is 8.27. The second-order valence-electron chi connectivity index (χ2n) is 14.3. The predicted molar refractivity (Wildman–Crippen MR) is 137 cm³/mol. The summed E-state index contributed by atoms with van der Waals surface area (Å²) in [6.07, 6.45) is 14.2. The van der Waals surface area contributed by atoms with Crippen LogP contribution in [0.1, 0.15) is 126 Å². The van der Waals surface area contributed by atoms with Crippen LogP contribution in [0.15, 0.2) is 0 Å². The highest BCUT2D eigenvalue weighted by Gasteiger charge is 2.61. The highest BCUT2D eigenvalue weighted by Crippen LogP contribution is 2.68. The molecule has 9 unspecified atom stereocenters. The average molecular weight is 457 g/mol. The molecule has 0 bridgehead atoms. The molecule has 5 aliphatic carbocycles. The Morgan fingerprint density at radius 2 is 1.36 bits per heavy atom. The number of ketones is 2. The van der Waals surface area contributed by atoms with Gasteiger partial charge in [0.1, 0.15) is 11.6 Å². The molecular formula is C31H52O2. The normalized spacial score (nSPS) is 48.8. The average Bonchev–Trinajstić information content (AvgIpc) is 3.07. The van der Waals surface area contributed by atoms with Gasteiger partial charge in [0.2, 0.25) is 0 Å². The molecule has 0 aliphatic heterocycles. The standard InChI is InChI=1S/C22H36O.C9H16O/c1-5-15-12-17-18-7-6-14(2)21(18,3)11-9-19(17)22(4)10-8-16(23)13-20(15)22;1-7-6-8(10)4-5-9(7,2)3/h14-15,17-20H,5-13H2,1-4H3;7H,4-6H2,1-3H3. The number of hydrogen-bond acceptors (Lipinski definition) is 2. The summed E-state index contributed by atoms with van der Waals surface area (Å²) in [6, 6.07) is 0. The Morgan fingerprint density at radius 1 is 0.727 bits per heavy atom. The largest absolute Gasteiger partial charge is 0.300 e. The molecule has 5 rings (SSSR count). The lowest BCUT2D eigenvalue weighted by molar-refractivity contribution is -0.150. The summed E-state index contributed by atoms with van der Waals surface area (Å²) in [5.41, 5.74) is 1.48. The third kappa shape index (κ3) is 4.40. The van der Waals surface area contributed by atoms with E-state index in [1.807, 2.05) is 0 Å². The van der Waals surface area contributed by atoms with E-state index in [4.69, 9.17) is 0 Å². The zero-order valence-corrected chi connectivity index (χ0v) is 22.8. The first-order valence-electron chi connectivity index (χ1n) is 14.5. The van der Waals surface area contributed by atoms with E-state index in [2.05, 4.69) is 48.5 Å². The van der Waals surface area contributed by atoms with Crippen molar-refractivity contribution in [2.45, 2.75) is 126 Å². The molecule has 5 fully saturated rings. The van der Waals surface area contributed by atoms with Crippen LogP contribution in [-0.4, -0.2) is 11.6 Å². The minimum Gasteiger partial charge on any atom is -0.300 e. The first kappa shape index (κ1) is 25.4. The molecule has 33 heavy (non-hydrogen) atoms. The number of rotatable bonds is 1. The van der Waals surface area contributed by atoms with Gasteiger partial charge in [-0.2, -0.15) is 0 Å². The Morgan fingerprint density at radius 3 is 2.00 bits per heavy atom. The topological polar surface area (TPSA) is 34.1 Å². The molecule has 0 aromatic rings. The summed E-state index contributed by atoms with van der Waals surface area (Å²) >= 11 is 0. The van der Waals surface area contributed by atoms with E-state index in [1.54, 1.807) is 0 Å². The third-order valence-electron chi connectivity index (χ3n) is 12.6. The van der Waals surface area contributed by atoms with Gasteiger partial charge in [-0.05, 0) is 103 Å². The molecule has 0 aromatic carbocycles. The fourth-order valence-electron chi connectivity index (χ4n) is 9.43. The Kier molecular flexibility index (Phi) is 7.00. The van der Waals surface area contributed by atoms with Gasteiger partial charge >= 0.3 is 0 Å². The summed E-state index contributed by atoms with van der Waals surface area (Å²) in [5, 5.41) is 0. The van der Waals surface area contributed by atoms with Gasteiger partial charge < -0.3 is 0 Å². The van der Waals surface area contributed by atoms with Crippen molar-refractivity contribution in [3.63, 3.8) is 0 Å². The van der Waals surface area contributed by atoms with Gasteiger partial charge in [-0.1, -0.05) is 54.9 Å². The zero-order chi connectivity index (χ0) is 24.2. The van der Waals surface area contributed by atoms with Crippen LogP contribution in [-0.2, 0) is 9.59 Å². The monoisotopic (exact) mass is 456 g/mol. The molecule has 0 amide bonds. The summed E-state index contributed by atoms with van der Waals surface area (Å²) in [6.45, 7) is 16.8. The van der Waals surface area contributed by atoms with Crippen LogP contribution in [0.25, 0.3) is 0 Å². The van der Waals surface area contributed by atoms with Gasteiger partial charge in [0.15, 0.2) is 0 Å². The van der Waals surface area contributed by atoms with Crippen molar-refractivity contribution in [3.05, 3.63) is 0 Å². The molecule has 0 N–H and O–H groups in total. The highest BCUT2D eigenvalue weighted by molar-refractivity contribution is 5.80. The second kappa shape index (κ2) is 9.09. The summed E-state index contributed by atoms with van der Waals surface area (Å²) in [7, 11) is 0. The molecule has 5 aliphatic rings. The van der Waals surface area contributed by atoms with Gasteiger partial charge in [0.05, 0.1) is 0 Å². The second-order valence-corrected chi connectivity index (χ2v) is 14.3. The minimum atomic E-state index is 0.397. The van der Waals surface area contributed by atoms with Crippen molar-refractivity contribution in [3.8, 4) is 0 Å². The molecular weight excluding hydrogens is 404 g/mol. The van der Waals surface area contributed by atoms with Gasteiger partial charge in [0.25, 0.3) is 0 Å². The van der Waals surface area contributed by atoms with Crippen molar-refractivity contribution >= 4 is 11.6 Å². The van der Waals surface area contributed by atoms with E-state index in [0.29, 0.717) is 39.6 Å². The van der Waals surface area contributed by atoms with Crippen molar-refractivity contribution < 1.29 is 9.59 Å². The molecule has 0 radical (unpaired) electrons. The van der Waals surface area contributed by atoms with Crippen molar-refractivity contribution in [2.75, 3.05) is 0 Å². The first-order valence-corrected chi connectivity index (χ1v) is 14.5. The Bertz CT molecular complexity index is 752. The third-order valence-corrected chi connectivity index (χ3v) is 12.6. The zero-order valence-electron chi connectivity index (χ0n) is 22.8.